The van der Waals surface area contributed by atoms with Crippen LogP contribution in [0.3, 0.4) is 0 Å². The van der Waals surface area contributed by atoms with E-state index >= 15 is 0 Å². The van der Waals surface area contributed by atoms with E-state index in [1.54, 1.807) is 37.3 Å². The zero-order valence-corrected chi connectivity index (χ0v) is 23.4. The van der Waals surface area contributed by atoms with E-state index in [2.05, 4.69) is 15.8 Å². The third kappa shape index (κ3) is 6.37. The molecule has 0 unspecified atom stereocenters. The van der Waals surface area contributed by atoms with Crippen molar-refractivity contribution in [2.75, 3.05) is 19.5 Å². The molecule has 0 bridgehead atoms. The first-order valence-corrected chi connectivity index (χ1v) is 13.4. The lowest BCUT2D eigenvalue weighted by Gasteiger charge is -2.12. The van der Waals surface area contributed by atoms with Gasteiger partial charge >= 0.3 is 23.8 Å². The molecule has 1 aliphatic carbocycles. The number of carbonyl (C=O) groups is 4. The van der Waals surface area contributed by atoms with Crippen molar-refractivity contribution in [1.29, 1.82) is 0 Å². The lowest BCUT2D eigenvalue weighted by atomic mass is 9.95. The van der Waals surface area contributed by atoms with Crippen molar-refractivity contribution in [3.8, 4) is 11.5 Å². The molecule has 2 aromatic carbocycles. The van der Waals surface area contributed by atoms with Gasteiger partial charge < -0.3 is 19.5 Å². The van der Waals surface area contributed by atoms with Gasteiger partial charge in [-0.25, -0.2) is 15.0 Å². The van der Waals surface area contributed by atoms with Crippen molar-refractivity contribution in [3.63, 3.8) is 0 Å². The van der Waals surface area contributed by atoms with Crippen molar-refractivity contribution < 1.29 is 33.4 Å². The maximum atomic E-state index is 12.6. The van der Waals surface area contributed by atoms with Crippen molar-refractivity contribution in [1.82, 2.24) is 5.43 Å². The normalized spacial score (nSPS) is 12.7. The van der Waals surface area contributed by atoms with Crippen LogP contribution >= 0.6 is 11.3 Å². The van der Waals surface area contributed by atoms with E-state index in [9.17, 15) is 19.2 Å². The van der Waals surface area contributed by atoms with Crippen LogP contribution in [0.1, 0.15) is 62.0 Å². The highest BCUT2D eigenvalue weighted by atomic mass is 32.1. The van der Waals surface area contributed by atoms with E-state index in [1.807, 2.05) is 19.1 Å². The fraction of sp³-hybridized carbons (Fsp3) is 0.276. The third-order valence-electron chi connectivity index (χ3n) is 6.39. The zero-order valence-electron chi connectivity index (χ0n) is 22.6. The average molecular weight is 564 g/mol. The molecule has 0 fully saturated rings. The second-order valence-electron chi connectivity index (χ2n) is 9.12. The summed E-state index contributed by atoms with van der Waals surface area (Å²) in [7, 11) is 2.71. The molecule has 0 saturated carbocycles. The van der Waals surface area contributed by atoms with E-state index in [1.165, 1.54) is 25.6 Å². The molecule has 2 N–H and O–H groups in total. The molecule has 1 aromatic heterocycles. The Balaban J connectivity index is 1.43. The van der Waals surface area contributed by atoms with Gasteiger partial charge in [0.05, 0.1) is 31.1 Å². The summed E-state index contributed by atoms with van der Waals surface area (Å²) in [6.45, 7) is 3.56. The number of carbonyl (C=O) groups excluding carboxylic acids is 4. The van der Waals surface area contributed by atoms with E-state index in [0.29, 0.717) is 27.4 Å². The molecule has 40 heavy (non-hydrogen) atoms. The quantitative estimate of drug-likeness (QED) is 0.143. The van der Waals surface area contributed by atoms with E-state index < -0.39 is 23.8 Å². The molecule has 1 aliphatic rings. The third-order valence-corrected chi connectivity index (χ3v) is 7.60. The summed E-state index contributed by atoms with van der Waals surface area (Å²) in [5.74, 6) is -2.54. The number of fused-ring (bicyclic) bond motifs is 1. The fourth-order valence-electron chi connectivity index (χ4n) is 4.21. The van der Waals surface area contributed by atoms with Crippen molar-refractivity contribution in [2.45, 2.75) is 39.5 Å². The fourth-order valence-corrected chi connectivity index (χ4v) is 5.48. The Labute approximate surface area is 235 Å². The molecule has 2 amide bonds. The summed E-state index contributed by atoms with van der Waals surface area (Å²) in [6, 6.07) is 11.8. The monoisotopic (exact) mass is 563 g/mol. The molecule has 4 rings (SSSR count). The van der Waals surface area contributed by atoms with Crippen LogP contribution in [0.25, 0.3) is 0 Å². The standard InChI is InChI=1S/C29H29N3O7S/c1-16-9-11-18(12-10-16)28(35)39-21-14-13-19(15-22(21)37-3)17(2)31-32-26(34)25(33)30-27-24(29(36)38-4)20-7-5-6-8-23(20)40-27/h9-15H,5-8H2,1-4H3,(H,30,33)(H,32,34). The number of hydrazone groups is 1. The molecule has 1 heterocycles. The molecule has 0 radical (unpaired) electrons. The average Bonchev–Trinajstić information content (AvgIpc) is 3.33. The molecule has 208 valence electrons. The molecule has 0 aliphatic heterocycles. The number of nitrogens with zero attached hydrogens (tertiary/aromatic N) is 1. The number of nitrogens with one attached hydrogen (secondary N) is 2. The lowest BCUT2D eigenvalue weighted by Crippen LogP contribution is -2.33. The second-order valence-corrected chi connectivity index (χ2v) is 10.2. The number of anilines is 1. The van der Waals surface area contributed by atoms with Crippen LogP contribution < -0.4 is 20.2 Å². The SMILES string of the molecule is COC(=O)c1c(NC(=O)C(=O)NN=C(C)c2ccc(OC(=O)c3ccc(C)cc3)c(OC)c2)sc2c1CCCC2. The summed E-state index contributed by atoms with van der Waals surface area (Å²) in [5.41, 5.74) is 5.77. The van der Waals surface area contributed by atoms with Gasteiger partial charge in [-0.2, -0.15) is 5.10 Å². The van der Waals surface area contributed by atoms with Gasteiger partial charge in [0.2, 0.25) is 0 Å². The summed E-state index contributed by atoms with van der Waals surface area (Å²) in [4.78, 5) is 51.0. The molecule has 11 heteroatoms. The minimum atomic E-state index is -1.00. The molecule has 3 aromatic rings. The van der Waals surface area contributed by atoms with E-state index in [-0.39, 0.29) is 11.5 Å². The number of benzene rings is 2. The maximum Gasteiger partial charge on any atom is 0.343 e. The molecular weight excluding hydrogens is 534 g/mol. The number of hydrogen-bond acceptors (Lipinski definition) is 9. The van der Waals surface area contributed by atoms with E-state index in [0.717, 1.165) is 41.7 Å². The van der Waals surface area contributed by atoms with Crippen molar-refractivity contribution in [3.05, 3.63) is 75.2 Å². The molecule has 0 saturated heterocycles. The highest BCUT2D eigenvalue weighted by Crippen LogP contribution is 2.38. The highest BCUT2D eigenvalue weighted by Gasteiger charge is 2.28. The van der Waals surface area contributed by atoms with Crippen LogP contribution in [0.4, 0.5) is 5.00 Å². The number of esters is 2. The van der Waals surface area contributed by atoms with Gasteiger partial charge in [-0.1, -0.05) is 17.7 Å². The minimum absolute atomic E-state index is 0.216. The first kappa shape index (κ1) is 28.5. The van der Waals surface area contributed by atoms with Gasteiger partial charge in [0.1, 0.15) is 5.00 Å². The topological polar surface area (TPSA) is 132 Å². The predicted octanol–water partition coefficient (Wildman–Crippen LogP) is 4.43. The van der Waals surface area contributed by atoms with Gasteiger partial charge in [0.25, 0.3) is 0 Å². The van der Waals surface area contributed by atoms with Crippen LogP contribution in [-0.2, 0) is 27.2 Å². The summed E-state index contributed by atoms with van der Waals surface area (Å²) >= 11 is 1.28. The highest BCUT2D eigenvalue weighted by molar-refractivity contribution is 7.17. The Morgan fingerprint density at radius 2 is 1.57 bits per heavy atom. The number of methoxy groups -OCH3 is 2. The summed E-state index contributed by atoms with van der Waals surface area (Å²) in [5, 5.41) is 6.85. The van der Waals surface area contributed by atoms with Crippen LogP contribution in [0.2, 0.25) is 0 Å². The molecule has 0 spiro atoms. The Hall–Kier alpha value is -4.51. The largest absolute Gasteiger partial charge is 0.493 e. The van der Waals surface area contributed by atoms with Gasteiger partial charge in [0, 0.05) is 10.4 Å². The Morgan fingerprint density at radius 1 is 0.875 bits per heavy atom. The number of rotatable bonds is 7. The maximum absolute atomic E-state index is 12.6. The Morgan fingerprint density at radius 3 is 2.27 bits per heavy atom. The predicted molar refractivity (Wildman–Crippen MR) is 150 cm³/mol. The number of amides is 2. The second kappa shape index (κ2) is 12.6. The van der Waals surface area contributed by atoms with Crippen LogP contribution in [-0.4, -0.2) is 43.7 Å². The van der Waals surface area contributed by atoms with Crippen molar-refractivity contribution >= 4 is 45.8 Å². The molecule has 0 atom stereocenters. The van der Waals surface area contributed by atoms with Crippen LogP contribution in [0.15, 0.2) is 47.6 Å². The first-order chi connectivity index (χ1) is 19.2. The summed E-state index contributed by atoms with van der Waals surface area (Å²) < 4.78 is 15.8. The number of aryl methyl sites for hydroxylation is 2. The summed E-state index contributed by atoms with van der Waals surface area (Å²) in [6.07, 6.45) is 3.46. The minimum Gasteiger partial charge on any atom is -0.493 e. The van der Waals surface area contributed by atoms with Gasteiger partial charge in [0.15, 0.2) is 11.5 Å². The number of hydrogen-bond donors (Lipinski definition) is 2. The van der Waals surface area contributed by atoms with E-state index in [4.69, 9.17) is 14.2 Å². The van der Waals surface area contributed by atoms with Crippen LogP contribution in [0, 0.1) is 6.92 Å². The van der Waals surface area contributed by atoms with Gasteiger partial charge in [-0.15, -0.1) is 11.3 Å². The van der Waals surface area contributed by atoms with Crippen molar-refractivity contribution in [2.24, 2.45) is 5.10 Å². The Kier molecular flexibility index (Phi) is 8.95. The first-order valence-electron chi connectivity index (χ1n) is 12.6. The molecule has 10 nitrogen and oxygen atoms in total. The smallest absolute Gasteiger partial charge is 0.343 e. The van der Waals surface area contributed by atoms with Gasteiger partial charge in [-0.3, -0.25) is 9.59 Å². The van der Waals surface area contributed by atoms with Gasteiger partial charge in [-0.05, 0) is 75.4 Å². The number of thiophene rings is 1. The van der Waals surface area contributed by atoms with Crippen LogP contribution in [0.5, 0.6) is 11.5 Å². The molecular formula is C29H29N3O7S. The zero-order chi connectivity index (χ0) is 28.8. The lowest BCUT2D eigenvalue weighted by molar-refractivity contribution is -0.136. The Bertz CT molecular complexity index is 1490. The number of ether oxygens (including phenoxy) is 3.